The average Bonchev–Trinajstić information content (AvgIpc) is 2.74. The molecule has 0 spiro atoms. The van der Waals surface area contributed by atoms with Crippen LogP contribution in [0, 0.1) is 0 Å². The van der Waals surface area contributed by atoms with Crippen molar-refractivity contribution in [2.75, 3.05) is 0 Å². The summed E-state index contributed by atoms with van der Waals surface area (Å²) in [6.07, 6.45) is 8.11. The minimum atomic E-state index is 1.21. The summed E-state index contributed by atoms with van der Waals surface area (Å²) < 4.78 is 0. The number of thiophene rings is 1. The topological polar surface area (TPSA) is 15.8 Å². The second-order valence-electron chi connectivity index (χ2n) is 2.53. The summed E-state index contributed by atoms with van der Waals surface area (Å²) in [5, 5.41) is 4.21. The fourth-order valence-corrected chi connectivity index (χ4v) is 1.63. The first-order valence-corrected chi connectivity index (χ1v) is 4.72. The smallest absolute Gasteiger partial charge is 0.00781 e. The molecule has 0 saturated heterocycles. The summed E-state index contributed by atoms with van der Waals surface area (Å²) in [4.78, 5) is 3.01. The Bertz CT molecular complexity index is 307. The highest BCUT2D eigenvalue weighted by molar-refractivity contribution is 7.08. The van der Waals surface area contributed by atoms with E-state index in [9.17, 15) is 0 Å². The van der Waals surface area contributed by atoms with Gasteiger partial charge in [-0.05, 0) is 34.0 Å². The van der Waals surface area contributed by atoms with Crippen molar-refractivity contribution in [2.45, 2.75) is 0 Å². The summed E-state index contributed by atoms with van der Waals surface area (Å²) in [5.74, 6) is 0. The molecule has 1 nitrogen and oxygen atoms in total. The molecular formula is C10H9NS. The summed E-state index contributed by atoms with van der Waals surface area (Å²) in [6, 6.07) is 4.15. The highest BCUT2D eigenvalue weighted by Crippen LogP contribution is 2.10. The van der Waals surface area contributed by atoms with Gasteiger partial charge in [0.15, 0.2) is 0 Å². The maximum Gasteiger partial charge on any atom is 0.00781 e. The Hall–Kier alpha value is -1.28. The summed E-state index contributed by atoms with van der Waals surface area (Å²) in [6.45, 7) is 0. The molecule has 0 aromatic carbocycles. The summed E-state index contributed by atoms with van der Waals surface area (Å²) in [7, 11) is 0. The van der Waals surface area contributed by atoms with Crippen LogP contribution in [0.3, 0.4) is 0 Å². The lowest BCUT2D eigenvalue weighted by Crippen LogP contribution is -1.61. The Morgan fingerprint density at radius 3 is 2.75 bits per heavy atom. The quantitative estimate of drug-likeness (QED) is 0.721. The van der Waals surface area contributed by atoms with Gasteiger partial charge < -0.3 is 4.98 Å². The van der Waals surface area contributed by atoms with Gasteiger partial charge in [0.1, 0.15) is 0 Å². The summed E-state index contributed by atoms with van der Waals surface area (Å²) in [5.41, 5.74) is 2.47. The van der Waals surface area contributed by atoms with Crippen LogP contribution in [-0.4, -0.2) is 4.98 Å². The molecule has 0 amide bonds. The Balaban J connectivity index is 2.14. The molecular weight excluding hydrogens is 166 g/mol. The molecule has 0 atom stereocenters. The van der Waals surface area contributed by atoms with E-state index in [0.29, 0.717) is 0 Å². The van der Waals surface area contributed by atoms with E-state index in [1.54, 1.807) is 11.3 Å². The predicted octanol–water partition coefficient (Wildman–Crippen LogP) is 3.25. The number of rotatable bonds is 2. The predicted molar refractivity (Wildman–Crippen MR) is 54.0 cm³/mol. The normalized spacial score (nSPS) is 11.0. The molecule has 0 radical (unpaired) electrons. The van der Waals surface area contributed by atoms with Crippen LogP contribution in [0.1, 0.15) is 11.1 Å². The monoisotopic (exact) mass is 175 g/mol. The molecule has 2 heterocycles. The second kappa shape index (κ2) is 3.41. The van der Waals surface area contributed by atoms with E-state index in [1.165, 1.54) is 11.1 Å². The van der Waals surface area contributed by atoms with E-state index in [1.807, 2.05) is 18.5 Å². The zero-order chi connectivity index (χ0) is 8.23. The maximum absolute atomic E-state index is 3.01. The van der Waals surface area contributed by atoms with Crippen molar-refractivity contribution in [3.8, 4) is 0 Å². The van der Waals surface area contributed by atoms with Gasteiger partial charge in [-0.3, -0.25) is 0 Å². The fourth-order valence-electron chi connectivity index (χ4n) is 1.00. The van der Waals surface area contributed by atoms with Crippen LogP contribution in [-0.2, 0) is 0 Å². The van der Waals surface area contributed by atoms with E-state index in [4.69, 9.17) is 0 Å². The van der Waals surface area contributed by atoms with Crippen LogP contribution in [0.5, 0.6) is 0 Å². The number of aromatic nitrogens is 1. The number of aromatic amines is 1. The zero-order valence-corrected chi connectivity index (χ0v) is 7.34. The van der Waals surface area contributed by atoms with Gasteiger partial charge in [0, 0.05) is 12.4 Å². The van der Waals surface area contributed by atoms with Crippen molar-refractivity contribution < 1.29 is 0 Å². The third kappa shape index (κ3) is 1.66. The largest absolute Gasteiger partial charge is 0.367 e. The molecule has 2 aromatic rings. The Morgan fingerprint density at radius 2 is 2.08 bits per heavy atom. The average molecular weight is 175 g/mol. The molecule has 60 valence electrons. The molecule has 1 N–H and O–H groups in total. The molecule has 0 bridgehead atoms. The lowest BCUT2D eigenvalue weighted by atomic mass is 10.2. The highest BCUT2D eigenvalue weighted by Gasteiger charge is 1.86. The van der Waals surface area contributed by atoms with Gasteiger partial charge >= 0.3 is 0 Å². The molecule has 0 unspecified atom stereocenters. The van der Waals surface area contributed by atoms with Crippen LogP contribution in [0.25, 0.3) is 12.2 Å². The van der Waals surface area contributed by atoms with E-state index >= 15 is 0 Å². The highest BCUT2D eigenvalue weighted by atomic mass is 32.1. The minimum Gasteiger partial charge on any atom is -0.367 e. The molecule has 2 heteroatoms. The van der Waals surface area contributed by atoms with Crippen LogP contribution < -0.4 is 0 Å². The second-order valence-corrected chi connectivity index (χ2v) is 3.31. The van der Waals surface area contributed by atoms with Crippen molar-refractivity contribution in [2.24, 2.45) is 0 Å². The molecule has 2 rings (SSSR count). The Kier molecular flexibility index (Phi) is 2.10. The van der Waals surface area contributed by atoms with Gasteiger partial charge in [-0.1, -0.05) is 12.2 Å². The lowest BCUT2D eigenvalue weighted by molar-refractivity contribution is 1.41. The van der Waals surface area contributed by atoms with Crippen molar-refractivity contribution in [1.82, 2.24) is 4.98 Å². The number of hydrogen-bond acceptors (Lipinski definition) is 1. The maximum atomic E-state index is 3.01. The van der Waals surface area contributed by atoms with Crippen molar-refractivity contribution in [3.63, 3.8) is 0 Å². The SMILES string of the molecule is C(=C\c1ccsc1)/c1cc[nH]c1. The van der Waals surface area contributed by atoms with Gasteiger partial charge in [-0.15, -0.1) is 0 Å². The number of H-pyrrole nitrogens is 1. The first-order valence-electron chi connectivity index (χ1n) is 3.78. The van der Waals surface area contributed by atoms with E-state index in [-0.39, 0.29) is 0 Å². The van der Waals surface area contributed by atoms with Crippen LogP contribution in [0.15, 0.2) is 35.3 Å². The third-order valence-electron chi connectivity index (χ3n) is 1.63. The fraction of sp³-hybridized carbons (Fsp3) is 0. The molecule has 12 heavy (non-hydrogen) atoms. The van der Waals surface area contributed by atoms with E-state index < -0.39 is 0 Å². The zero-order valence-electron chi connectivity index (χ0n) is 6.53. The van der Waals surface area contributed by atoms with Gasteiger partial charge in [0.05, 0.1) is 0 Å². The van der Waals surface area contributed by atoms with Crippen LogP contribution in [0.2, 0.25) is 0 Å². The summed E-state index contributed by atoms with van der Waals surface area (Å²) >= 11 is 1.72. The lowest BCUT2D eigenvalue weighted by Gasteiger charge is -1.82. The van der Waals surface area contributed by atoms with Crippen molar-refractivity contribution in [1.29, 1.82) is 0 Å². The minimum absolute atomic E-state index is 1.21. The molecule has 0 fully saturated rings. The van der Waals surface area contributed by atoms with Crippen molar-refractivity contribution in [3.05, 3.63) is 46.4 Å². The first kappa shape index (κ1) is 7.37. The van der Waals surface area contributed by atoms with Gasteiger partial charge in [-0.25, -0.2) is 0 Å². The molecule has 0 aliphatic carbocycles. The van der Waals surface area contributed by atoms with Crippen LogP contribution in [0.4, 0.5) is 0 Å². The molecule has 0 aliphatic heterocycles. The van der Waals surface area contributed by atoms with E-state index in [0.717, 1.165) is 0 Å². The molecule has 0 saturated carbocycles. The molecule has 2 aromatic heterocycles. The Labute approximate surface area is 75.4 Å². The van der Waals surface area contributed by atoms with Gasteiger partial charge in [0.25, 0.3) is 0 Å². The Morgan fingerprint density at radius 1 is 1.17 bits per heavy atom. The van der Waals surface area contributed by atoms with E-state index in [2.05, 4.69) is 34.0 Å². The first-order chi connectivity index (χ1) is 5.95. The van der Waals surface area contributed by atoms with Crippen LogP contribution >= 0.6 is 11.3 Å². The number of nitrogens with one attached hydrogen (secondary N) is 1. The third-order valence-corrected chi connectivity index (χ3v) is 2.33. The van der Waals surface area contributed by atoms with Crippen molar-refractivity contribution >= 4 is 23.5 Å². The number of hydrogen-bond donors (Lipinski definition) is 1. The van der Waals surface area contributed by atoms with Gasteiger partial charge in [0.2, 0.25) is 0 Å². The standard InChI is InChI=1S/C10H9NS/c1(9-3-5-11-7-9)2-10-4-6-12-8-10/h1-8,11H/b2-1+. The van der Waals surface area contributed by atoms with Gasteiger partial charge in [-0.2, -0.15) is 11.3 Å². The molecule has 0 aliphatic rings.